The van der Waals surface area contributed by atoms with Crippen molar-refractivity contribution in [2.45, 2.75) is 64.6 Å². The summed E-state index contributed by atoms with van der Waals surface area (Å²) in [7, 11) is -3.79. The number of hydrogen-bond acceptors (Lipinski definition) is 4. The summed E-state index contributed by atoms with van der Waals surface area (Å²) in [5, 5.41) is 3.78. The van der Waals surface area contributed by atoms with Crippen LogP contribution in [0.4, 0.5) is 5.69 Å². The Bertz CT molecular complexity index is 1180. The highest BCUT2D eigenvalue weighted by molar-refractivity contribution is 7.92. The SMILES string of the molecule is Cc1cccc(N(CC(=O)N(Cc2c(Cl)cccc2Cl)[C@@H](C)C(=O)NC2CCCCC2)S(C)(=O)=O)c1. The smallest absolute Gasteiger partial charge is 0.244 e. The van der Waals surface area contributed by atoms with Gasteiger partial charge in [-0.25, -0.2) is 8.42 Å². The van der Waals surface area contributed by atoms with Crippen LogP contribution in [0.5, 0.6) is 0 Å². The lowest BCUT2D eigenvalue weighted by Gasteiger charge is -2.33. The molecule has 196 valence electrons. The van der Waals surface area contributed by atoms with Gasteiger partial charge in [0, 0.05) is 28.2 Å². The third-order valence-electron chi connectivity index (χ3n) is 6.48. The van der Waals surface area contributed by atoms with Crippen molar-refractivity contribution in [2.24, 2.45) is 0 Å². The Hall–Kier alpha value is -2.29. The Morgan fingerprint density at radius 2 is 1.67 bits per heavy atom. The molecule has 10 heteroatoms. The third kappa shape index (κ3) is 7.37. The van der Waals surface area contributed by atoms with Crippen molar-refractivity contribution >= 4 is 50.7 Å². The standard InChI is InChI=1S/C26H33Cl2N3O4S/c1-18-9-7-12-21(15-18)31(36(3,34)35)17-25(32)30(16-22-23(27)13-8-14-24(22)28)19(2)26(33)29-20-10-5-4-6-11-20/h7-9,12-15,19-20H,4-6,10-11,16-17H2,1-3H3,(H,29,33)/t19-/m0/s1. The predicted molar refractivity (Wildman–Crippen MR) is 145 cm³/mol. The van der Waals surface area contributed by atoms with E-state index in [1.165, 1.54) is 4.90 Å². The molecule has 1 saturated carbocycles. The number of nitrogens with zero attached hydrogens (tertiary/aromatic N) is 2. The fourth-order valence-electron chi connectivity index (χ4n) is 4.40. The maximum absolute atomic E-state index is 13.7. The van der Waals surface area contributed by atoms with Crippen LogP contribution in [0.25, 0.3) is 0 Å². The molecule has 1 atom stereocenters. The van der Waals surface area contributed by atoms with Gasteiger partial charge in [-0.15, -0.1) is 0 Å². The van der Waals surface area contributed by atoms with E-state index in [2.05, 4.69) is 5.32 Å². The van der Waals surface area contributed by atoms with Crippen molar-refractivity contribution in [3.05, 3.63) is 63.6 Å². The minimum absolute atomic E-state index is 0.0397. The van der Waals surface area contributed by atoms with Gasteiger partial charge >= 0.3 is 0 Å². The number of halogens is 2. The molecule has 7 nitrogen and oxygen atoms in total. The van der Waals surface area contributed by atoms with Crippen LogP contribution in [0, 0.1) is 6.92 Å². The highest BCUT2D eigenvalue weighted by atomic mass is 35.5. The first-order valence-electron chi connectivity index (χ1n) is 12.0. The summed E-state index contributed by atoms with van der Waals surface area (Å²) in [4.78, 5) is 28.2. The number of benzene rings is 2. The Morgan fingerprint density at radius 3 is 2.25 bits per heavy atom. The van der Waals surface area contributed by atoms with Crippen molar-refractivity contribution in [3.8, 4) is 0 Å². The largest absolute Gasteiger partial charge is 0.352 e. The van der Waals surface area contributed by atoms with E-state index >= 15 is 0 Å². The van der Waals surface area contributed by atoms with Gasteiger partial charge in [0.25, 0.3) is 0 Å². The molecule has 3 rings (SSSR count). The topological polar surface area (TPSA) is 86.8 Å². The Kier molecular flexibility index (Phi) is 9.66. The van der Waals surface area contributed by atoms with Crippen LogP contribution in [0.1, 0.15) is 50.2 Å². The maximum Gasteiger partial charge on any atom is 0.244 e. The van der Waals surface area contributed by atoms with E-state index < -0.39 is 28.5 Å². The van der Waals surface area contributed by atoms with Crippen molar-refractivity contribution < 1.29 is 18.0 Å². The van der Waals surface area contributed by atoms with Gasteiger partial charge in [-0.05, 0) is 56.5 Å². The number of carbonyl (C=O) groups is 2. The average molecular weight is 555 g/mol. The van der Waals surface area contributed by atoms with Crippen LogP contribution in [0.3, 0.4) is 0 Å². The molecule has 2 aromatic rings. The quantitative estimate of drug-likeness (QED) is 0.476. The molecule has 0 heterocycles. The van der Waals surface area contributed by atoms with Gasteiger partial charge in [0.05, 0.1) is 11.9 Å². The number of anilines is 1. The summed E-state index contributed by atoms with van der Waals surface area (Å²) in [6.45, 7) is 2.97. The molecule has 2 aromatic carbocycles. The summed E-state index contributed by atoms with van der Waals surface area (Å²) in [5.41, 5.74) is 1.72. The molecule has 0 saturated heterocycles. The van der Waals surface area contributed by atoms with Gasteiger partial charge in [0.1, 0.15) is 12.6 Å². The lowest BCUT2D eigenvalue weighted by Crippen LogP contribution is -2.53. The summed E-state index contributed by atoms with van der Waals surface area (Å²) >= 11 is 12.8. The van der Waals surface area contributed by atoms with Crippen molar-refractivity contribution in [3.63, 3.8) is 0 Å². The van der Waals surface area contributed by atoms with Gasteiger partial charge in [-0.3, -0.25) is 13.9 Å². The second kappa shape index (κ2) is 12.3. The van der Waals surface area contributed by atoms with Crippen LogP contribution >= 0.6 is 23.2 Å². The van der Waals surface area contributed by atoms with Crippen LogP contribution in [0.2, 0.25) is 10.0 Å². The normalized spacial score (nSPS) is 15.2. The lowest BCUT2D eigenvalue weighted by molar-refractivity contribution is -0.139. The fraction of sp³-hybridized carbons (Fsp3) is 0.462. The zero-order chi connectivity index (χ0) is 26.5. The number of carbonyl (C=O) groups excluding carboxylic acids is 2. The molecule has 1 aliphatic carbocycles. The lowest BCUT2D eigenvalue weighted by atomic mass is 9.95. The Morgan fingerprint density at radius 1 is 1.06 bits per heavy atom. The van der Waals surface area contributed by atoms with Gasteiger partial charge in [-0.1, -0.05) is 60.7 Å². The minimum atomic E-state index is -3.79. The van der Waals surface area contributed by atoms with Gasteiger partial charge in [-0.2, -0.15) is 0 Å². The molecule has 0 aromatic heterocycles. The number of nitrogens with one attached hydrogen (secondary N) is 1. The monoisotopic (exact) mass is 553 g/mol. The summed E-state index contributed by atoms with van der Waals surface area (Å²) in [5.74, 6) is -0.830. The molecule has 1 N–H and O–H groups in total. The minimum Gasteiger partial charge on any atom is -0.352 e. The number of hydrogen-bond donors (Lipinski definition) is 1. The van der Waals surface area contributed by atoms with E-state index in [-0.39, 0.29) is 18.5 Å². The summed E-state index contributed by atoms with van der Waals surface area (Å²) in [6, 6.07) is 11.1. The Balaban J connectivity index is 1.91. The van der Waals surface area contributed by atoms with E-state index in [0.717, 1.165) is 48.2 Å². The van der Waals surface area contributed by atoms with E-state index in [1.807, 2.05) is 13.0 Å². The predicted octanol–water partition coefficient (Wildman–Crippen LogP) is 4.93. The van der Waals surface area contributed by atoms with E-state index in [4.69, 9.17) is 23.2 Å². The molecular weight excluding hydrogens is 521 g/mol. The number of sulfonamides is 1. The summed E-state index contributed by atoms with van der Waals surface area (Å²) < 4.78 is 26.4. The molecular formula is C26H33Cl2N3O4S. The molecule has 1 aliphatic rings. The van der Waals surface area contributed by atoms with Crippen LogP contribution in [-0.4, -0.2) is 50.0 Å². The number of aryl methyl sites for hydroxylation is 1. The van der Waals surface area contributed by atoms with Gasteiger partial charge in [0.2, 0.25) is 21.8 Å². The first-order chi connectivity index (χ1) is 17.0. The molecule has 2 amide bonds. The second-order valence-corrected chi connectivity index (χ2v) is 12.1. The first-order valence-corrected chi connectivity index (χ1v) is 14.6. The van der Waals surface area contributed by atoms with Crippen LogP contribution < -0.4 is 9.62 Å². The average Bonchev–Trinajstić information content (AvgIpc) is 2.81. The molecule has 36 heavy (non-hydrogen) atoms. The zero-order valence-corrected chi connectivity index (χ0v) is 23.2. The van der Waals surface area contributed by atoms with Crippen molar-refractivity contribution in [1.29, 1.82) is 0 Å². The Labute approximate surface area is 223 Å². The van der Waals surface area contributed by atoms with Crippen LogP contribution in [-0.2, 0) is 26.2 Å². The highest BCUT2D eigenvalue weighted by Crippen LogP contribution is 2.27. The molecule has 0 bridgehead atoms. The first kappa shape index (κ1) is 28.3. The summed E-state index contributed by atoms with van der Waals surface area (Å²) in [6.07, 6.45) is 6.11. The highest BCUT2D eigenvalue weighted by Gasteiger charge is 2.32. The van der Waals surface area contributed by atoms with E-state index in [1.54, 1.807) is 43.3 Å². The third-order valence-corrected chi connectivity index (χ3v) is 8.33. The zero-order valence-electron chi connectivity index (χ0n) is 20.8. The molecule has 0 radical (unpaired) electrons. The maximum atomic E-state index is 13.7. The number of amides is 2. The molecule has 0 unspecified atom stereocenters. The number of rotatable bonds is 9. The van der Waals surface area contributed by atoms with E-state index in [9.17, 15) is 18.0 Å². The molecule has 0 spiro atoms. The van der Waals surface area contributed by atoms with Crippen LogP contribution in [0.15, 0.2) is 42.5 Å². The molecule has 1 fully saturated rings. The second-order valence-electron chi connectivity index (χ2n) is 9.35. The van der Waals surface area contributed by atoms with Gasteiger partial charge < -0.3 is 10.2 Å². The fourth-order valence-corrected chi connectivity index (χ4v) is 5.76. The van der Waals surface area contributed by atoms with Gasteiger partial charge in [0.15, 0.2) is 0 Å². The van der Waals surface area contributed by atoms with E-state index in [0.29, 0.717) is 21.3 Å². The van der Waals surface area contributed by atoms with Crippen molar-refractivity contribution in [2.75, 3.05) is 17.1 Å². The molecule has 0 aliphatic heterocycles. The van der Waals surface area contributed by atoms with Crippen molar-refractivity contribution in [1.82, 2.24) is 10.2 Å².